The fourth-order valence-electron chi connectivity index (χ4n) is 2.79. The number of hydrogen-bond acceptors (Lipinski definition) is 4. The molecule has 0 unspecified atom stereocenters. The minimum atomic E-state index is -0.439. The van der Waals surface area contributed by atoms with Crippen LogP contribution in [-0.2, 0) is 0 Å². The Morgan fingerprint density at radius 1 is 1.35 bits per heavy atom. The van der Waals surface area contributed by atoms with E-state index in [0.29, 0.717) is 35.9 Å². The van der Waals surface area contributed by atoms with Crippen LogP contribution in [0.3, 0.4) is 0 Å². The number of hydrogen-bond donors (Lipinski definition) is 1. The zero-order chi connectivity index (χ0) is 16.0. The van der Waals surface area contributed by atoms with Gasteiger partial charge >= 0.3 is 0 Å². The molecule has 1 aliphatic rings. The standard InChI is InChI=1S/C16H14FN3O2S/c17-11-3-1-10(2-4-11)13-8-20-14(9-23-16(20)18-13)15(22)19-6-5-12(21)7-19/h1-4,8-9,12,21H,5-7H2/t12-/m1/s1. The van der Waals surface area contributed by atoms with E-state index in [-0.39, 0.29) is 11.7 Å². The van der Waals surface area contributed by atoms with Gasteiger partial charge in [-0.2, -0.15) is 0 Å². The van der Waals surface area contributed by atoms with E-state index in [2.05, 4.69) is 4.98 Å². The zero-order valence-corrected chi connectivity index (χ0v) is 13.0. The number of thiazole rings is 1. The predicted molar refractivity (Wildman–Crippen MR) is 85.0 cm³/mol. The molecule has 1 N–H and O–H groups in total. The molecule has 0 saturated carbocycles. The molecule has 2 aromatic heterocycles. The number of likely N-dealkylation sites (tertiary alicyclic amines) is 1. The van der Waals surface area contributed by atoms with Crippen LogP contribution < -0.4 is 0 Å². The third-order valence-corrected chi connectivity index (χ3v) is 4.86. The van der Waals surface area contributed by atoms with Gasteiger partial charge in [0.2, 0.25) is 0 Å². The molecule has 3 heterocycles. The fourth-order valence-corrected chi connectivity index (χ4v) is 3.63. The molecule has 0 bridgehead atoms. The van der Waals surface area contributed by atoms with Gasteiger partial charge < -0.3 is 10.0 Å². The summed E-state index contributed by atoms with van der Waals surface area (Å²) in [6.07, 6.45) is 1.97. The van der Waals surface area contributed by atoms with Gasteiger partial charge in [0.05, 0.1) is 11.8 Å². The number of carbonyl (C=O) groups is 1. The lowest BCUT2D eigenvalue weighted by Gasteiger charge is -2.14. The van der Waals surface area contributed by atoms with Gasteiger partial charge in [-0.1, -0.05) is 0 Å². The summed E-state index contributed by atoms with van der Waals surface area (Å²) in [6.45, 7) is 0.937. The summed E-state index contributed by atoms with van der Waals surface area (Å²) in [7, 11) is 0. The molecule has 1 atom stereocenters. The SMILES string of the molecule is O=C(c1csc2nc(-c3ccc(F)cc3)cn12)N1CC[C@@H](O)C1. The number of aliphatic hydroxyl groups is 1. The van der Waals surface area contributed by atoms with Crippen molar-refractivity contribution in [3.8, 4) is 11.3 Å². The molecule has 1 fully saturated rings. The summed E-state index contributed by atoms with van der Waals surface area (Å²) in [5.41, 5.74) is 2.05. The van der Waals surface area contributed by atoms with Gasteiger partial charge in [-0.15, -0.1) is 11.3 Å². The van der Waals surface area contributed by atoms with E-state index in [1.54, 1.807) is 33.0 Å². The molecular weight excluding hydrogens is 317 g/mol. The largest absolute Gasteiger partial charge is 0.391 e. The second kappa shape index (κ2) is 5.43. The van der Waals surface area contributed by atoms with Crippen molar-refractivity contribution in [2.24, 2.45) is 0 Å². The van der Waals surface area contributed by atoms with Crippen molar-refractivity contribution in [1.82, 2.24) is 14.3 Å². The molecule has 3 aromatic rings. The summed E-state index contributed by atoms with van der Waals surface area (Å²) in [5.74, 6) is -0.394. The lowest BCUT2D eigenvalue weighted by atomic mass is 10.2. The van der Waals surface area contributed by atoms with Crippen molar-refractivity contribution >= 4 is 22.2 Å². The Bertz CT molecular complexity index is 871. The van der Waals surface area contributed by atoms with Crippen LogP contribution in [0, 0.1) is 5.82 Å². The molecular formula is C16H14FN3O2S. The summed E-state index contributed by atoms with van der Waals surface area (Å²) >= 11 is 1.39. The number of aromatic nitrogens is 2. The van der Waals surface area contributed by atoms with Crippen LogP contribution in [-0.4, -0.2) is 44.5 Å². The Hall–Kier alpha value is -2.25. The topological polar surface area (TPSA) is 57.8 Å². The Kier molecular flexibility index (Phi) is 3.39. The van der Waals surface area contributed by atoms with Crippen LogP contribution in [0.2, 0.25) is 0 Å². The fraction of sp³-hybridized carbons (Fsp3) is 0.250. The van der Waals surface area contributed by atoms with E-state index >= 15 is 0 Å². The third-order valence-electron chi connectivity index (χ3n) is 4.02. The highest BCUT2D eigenvalue weighted by molar-refractivity contribution is 7.15. The highest BCUT2D eigenvalue weighted by Gasteiger charge is 2.27. The summed E-state index contributed by atoms with van der Waals surface area (Å²) in [4.78, 5) is 19.4. The average molecular weight is 331 g/mol. The average Bonchev–Trinajstić information content (AvgIpc) is 3.22. The number of halogens is 1. The van der Waals surface area contributed by atoms with Crippen LogP contribution >= 0.6 is 11.3 Å². The molecule has 0 radical (unpaired) electrons. The highest BCUT2D eigenvalue weighted by Crippen LogP contribution is 2.25. The van der Waals surface area contributed by atoms with E-state index in [1.165, 1.54) is 23.5 Å². The molecule has 7 heteroatoms. The number of imidazole rings is 1. The normalized spacial score (nSPS) is 18.0. The van der Waals surface area contributed by atoms with Crippen molar-refractivity contribution in [3.63, 3.8) is 0 Å². The smallest absolute Gasteiger partial charge is 0.271 e. The Morgan fingerprint density at radius 2 is 2.13 bits per heavy atom. The first-order valence-corrected chi connectivity index (χ1v) is 8.19. The minimum absolute atomic E-state index is 0.101. The quantitative estimate of drug-likeness (QED) is 0.784. The lowest BCUT2D eigenvalue weighted by molar-refractivity contribution is 0.0758. The number of aliphatic hydroxyl groups excluding tert-OH is 1. The molecule has 5 nitrogen and oxygen atoms in total. The monoisotopic (exact) mass is 331 g/mol. The van der Waals surface area contributed by atoms with Crippen molar-refractivity contribution in [2.45, 2.75) is 12.5 Å². The maximum atomic E-state index is 13.0. The van der Waals surface area contributed by atoms with Gasteiger partial charge in [-0.05, 0) is 30.7 Å². The Balaban J connectivity index is 1.69. The number of nitrogens with zero attached hydrogens (tertiary/aromatic N) is 3. The molecule has 0 aliphatic carbocycles. The summed E-state index contributed by atoms with van der Waals surface area (Å²) in [6, 6.07) is 6.11. The molecule has 1 amide bonds. The third kappa shape index (κ3) is 2.51. The van der Waals surface area contributed by atoms with Gasteiger partial charge in [-0.25, -0.2) is 9.37 Å². The molecule has 23 heavy (non-hydrogen) atoms. The predicted octanol–water partition coefficient (Wildman–Crippen LogP) is 2.41. The molecule has 1 aromatic carbocycles. The second-order valence-corrected chi connectivity index (χ2v) is 6.44. The van der Waals surface area contributed by atoms with Gasteiger partial charge in [0, 0.05) is 30.2 Å². The Morgan fingerprint density at radius 3 is 2.83 bits per heavy atom. The maximum absolute atomic E-state index is 13.0. The van der Waals surface area contributed by atoms with Gasteiger partial charge in [-0.3, -0.25) is 9.20 Å². The first-order valence-electron chi connectivity index (χ1n) is 7.32. The van der Waals surface area contributed by atoms with Crippen LogP contribution in [0.25, 0.3) is 16.2 Å². The highest BCUT2D eigenvalue weighted by atomic mass is 32.1. The van der Waals surface area contributed by atoms with Gasteiger partial charge in [0.25, 0.3) is 5.91 Å². The summed E-state index contributed by atoms with van der Waals surface area (Å²) < 4.78 is 14.8. The maximum Gasteiger partial charge on any atom is 0.271 e. The second-order valence-electron chi connectivity index (χ2n) is 5.60. The number of fused-ring (bicyclic) bond motifs is 1. The van der Waals surface area contributed by atoms with Crippen LogP contribution in [0.4, 0.5) is 4.39 Å². The van der Waals surface area contributed by atoms with E-state index in [9.17, 15) is 14.3 Å². The number of rotatable bonds is 2. The van der Waals surface area contributed by atoms with E-state index in [1.807, 2.05) is 0 Å². The molecule has 4 rings (SSSR count). The molecule has 118 valence electrons. The van der Waals surface area contributed by atoms with E-state index < -0.39 is 6.10 Å². The lowest BCUT2D eigenvalue weighted by Crippen LogP contribution is -2.30. The minimum Gasteiger partial charge on any atom is -0.391 e. The van der Waals surface area contributed by atoms with Gasteiger partial charge in [0.15, 0.2) is 4.96 Å². The van der Waals surface area contributed by atoms with Crippen LogP contribution in [0.15, 0.2) is 35.8 Å². The molecule has 1 aliphatic heterocycles. The van der Waals surface area contributed by atoms with Crippen molar-refractivity contribution in [3.05, 3.63) is 47.4 Å². The first-order chi connectivity index (χ1) is 11.1. The zero-order valence-electron chi connectivity index (χ0n) is 12.1. The van der Waals surface area contributed by atoms with E-state index in [4.69, 9.17) is 0 Å². The van der Waals surface area contributed by atoms with Gasteiger partial charge in [0.1, 0.15) is 11.5 Å². The first kappa shape index (κ1) is 14.3. The van der Waals surface area contributed by atoms with Crippen molar-refractivity contribution in [1.29, 1.82) is 0 Å². The number of amides is 1. The number of β-amino-alcohol motifs (C(OH)–C–C–N with tert-alkyl or cyclic N) is 1. The van der Waals surface area contributed by atoms with Crippen LogP contribution in [0.5, 0.6) is 0 Å². The van der Waals surface area contributed by atoms with Crippen molar-refractivity contribution in [2.75, 3.05) is 13.1 Å². The molecule has 0 spiro atoms. The molecule has 1 saturated heterocycles. The number of benzene rings is 1. The van der Waals surface area contributed by atoms with E-state index in [0.717, 1.165) is 5.56 Å². The summed E-state index contributed by atoms with van der Waals surface area (Å²) in [5, 5.41) is 11.4. The number of carbonyl (C=O) groups excluding carboxylic acids is 1. The Labute approximate surface area is 135 Å². The van der Waals surface area contributed by atoms with Crippen molar-refractivity contribution < 1.29 is 14.3 Å². The van der Waals surface area contributed by atoms with Crippen LogP contribution in [0.1, 0.15) is 16.9 Å².